The van der Waals surface area contributed by atoms with Crippen molar-refractivity contribution in [1.82, 2.24) is 4.98 Å². The molecular formula is C20H20ClN3O. The highest BCUT2D eigenvalue weighted by Crippen LogP contribution is 2.51. The molecule has 2 aromatic rings. The van der Waals surface area contributed by atoms with Crippen molar-refractivity contribution in [2.24, 2.45) is 0 Å². The van der Waals surface area contributed by atoms with Crippen molar-refractivity contribution in [2.45, 2.75) is 37.1 Å². The average molecular weight is 354 g/mol. The highest BCUT2D eigenvalue weighted by atomic mass is 35.5. The van der Waals surface area contributed by atoms with Gasteiger partial charge < -0.3 is 9.80 Å². The molecular weight excluding hydrogens is 334 g/mol. The van der Waals surface area contributed by atoms with Gasteiger partial charge in [0.25, 0.3) is 0 Å². The summed E-state index contributed by atoms with van der Waals surface area (Å²) in [5.74, 6) is 1.19. The fourth-order valence-corrected chi connectivity index (χ4v) is 4.53. The lowest BCUT2D eigenvalue weighted by Crippen LogP contribution is -2.51. The third-order valence-electron chi connectivity index (χ3n) is 5.90. The molecule has 3 aliphatic rings. The van der Waals surface area contributed by atoms with Crippen molar-refractivity contribution in [3.8, 4) is 0 Å². The smallest absolute Gasteiger partial charge is 0.237 e. The molecule has 3 heterocycles. The largest absolute Gasteiger partial charge is 0.350 e. The average Bonchev–Trinajstić information content (AvgIpc) is 3.31. The number of hydrogen-bond donors (Lipinski definition) is 0. The van der Waals surface area contributed by atoms with Crippen LogP contribution in [0.1, 0.15) is 31.2 Å². The maximum Gasteiger partial charge on any atom is 0.237 e. The Balaban J connectivity index is 1.54. The van der Waals surface area contributed by atoms with Gasteiger partial charge in [0.1, 0.15) is 0 Å². The number of halogens is 1. The molecule has 1 saturated carbocycles. The minimum atomic E-state index is -0.377. The molecule has 5 heteroatoms. The predicted molar refractivity (Wildman–Crippen MR) is 99.3 cm³/mol. The first-order chi connectivity index (χ1) is 12.2. The Hall–Kier alpha value is -2.07. The Morgan fingerprint density at radius 2 is 2.00 bits per heavy atom. The molecule has 1 atom stereocenters. The molecule has 1 amide bonds. The molecule has 0 radical (unpaired) electrons. The molecule has 1 saturated heterocycles. The van der Waals surface area contributed by atoms with E-state index in [0.717, 1.165) is 49.4 Å². The van der Waals surface area contributed by atoms with E-state index in [1.54, 1.807) is 0 Å². The van der Waals surface area contributed by atoms with E-state index in [0.29, 0.717) is 11.1 Å². The maximum absolute atomic E-state index is 13.6. The Morgan fingerprint density at radius 3 is 2.76 bits per heavy atom. The number of pyridine rings is 1. The second-order valence-corrected chi connectivity index (χ2v) is 7.78. The maximum atomic E-state index is 13.6. The van der Waals surface area contributed by atoms with Crippen LogP contribution in [0.3, 0.4) is 0 Å². The molecule has 1 aliphatic carbocycles. The number of amides is 1. The molecule has 0 spiro atoms. The monoisotopic (exact) mass is 353 g/mol. The second kappa shape index (κ2) is 5.46. The highest BCUT2D eigenvalue weighted by molar-refractivity contribution is 6.30. The number of nitrogens with zero attached hydrogens (tertiary/aromatic N) is 3. The minimum Gasteiger partial charge on any atom is -0.350 e. The summed E-state index contributed by atoms with van der Waals surface area (Å²) in [5, 5.41) is 0.709. The first-order valence-corrected chi connectivity index (χ1v) is 9.36. The van der Waals surface area contributed by atoms with Crippen LogP contribution in [0.4, 0.5) is 11.5 Å². The van der Waals surface area contributed by atoms with E-state index in [2.05, 4.69) is 9.88 Å². The quantitative estimate of drug-likeness (QED) is 0.824. The van der Waals surface area contributed by atoms with Gasteiger partial charge in [-0.05, 0) is 55.5 Å². The number of anilines is 2. The predicted octanol–water partition coefficient (Wildman–Crippen LogP) is 3.78. The van der Waals surface area contributed by atoms with Crippen molar-refractivity contribution in [2.75, 3.05) is 22.9 Å². The molecule has 2 fully saturated rings. The molecule has 128 valence electrons. The number of aromatic nitrogens is 1. The van der Waals surface area contributed by atoms with Crippen LogP contribution >= 0.6 is 11.6 Å². The van der Waals surface area contributed by atoms with Crippen LogP contribution in [-0.4, -0.2) is 30.0 Å². The first-order valence-electron chi connectivity index (χ1n) is 8.99. The van der Waals surface area contributed by atoms with Gasteiger partial charge in [-0.3, -0.25) is 4.79 Å². The van der Waals surface area contributed by atoms with E-state index in [9.17, 15) is 4.79 Å². The van der Waals surface area contributed by atoms with Crippen molar-refractivity contribution in [3.05, 3.63) is 53.2 Å². The first kappa shape index (κ1) is 15.2. The van der Waals surface area contributed by atoms with Crippen molar-refractivity contribution < 1.29 is 4.79 Å². The van der Waals surface area contributed by atoms with Crippen LogP contribution < -0.4 is 9.80 Å². The van der Waals surface area contributed by atoms with Gasteiger partial charge in [0, 0.05) is 30.4 Å². The van der Waals surface area contributed by atoms with Gasteiger partial charge in [-0.15, -0.1) is 0 Å². The van der Waals surface area contributed by atoms with Crippen LogP contribution in [0.2, 0.25) is 5.02 Å². The Morgan fingerprint density at radius 1 is 1.20 bits per heavy atom. The summed E-state index contributed by atoms with van der Waals surface area (Å²) in [7, 11) is 0. The van der Waals surface area contributed by atoms with Gasteiger partial charge in [-0.25, -0.2) is 4.98 Å². The Kier molecular flexibility index (Phi) is 3.32. The second-order valence-electron chi connectivity index (χ2n) is 7.34. The zero-order valence-corrected chi connectivity index (χ0v) is 14.7. The summed E-state index contributed by atoms with van der Waals surface area (Å²) in [4.78, 5) is 22.5. The molecule has 2 aliphatic heterocycles. The molecule has 0 bridgehead atoms. The molecule has 25 heavy (non-hydrogen) atoms. The van der Waals surface area contributed by atoms with Crippen LogP contribution in [-0.2, 0) is 10.2 Å². The summed E-state index contributed by atoms with van der Waals surface area (Å²) >= 11 is 6.03. The van der Waals surface area contributed by atoms with E-state index in [-0.39, 0.29) is 11.3 Å². The number of hydrogen-bond acceptors (Lipinski definition) is 3. The Labute approximate surface area is 152 Å². The van der Waals surface area contributed by atoms with Crippen LogP contribution in [0.15, 0.2) is 42.6 Å². The molecule has 5 rings (SSSR count). The normalized spacial score (nSPS) is 23.2. The van der Waals surface area contributed by atoms with Gasteiger partial charge in [-0.2, -0.15) is 0 Å². The van der Waals surface area contributed by atoms with Crippen molar-refractivity contribution >= 4 is 29.0 Å². The SMILES string of the molecule is O=C(N1C[C@@H]2CCCN2c2ncccc21)C1(c2ccc(Cl)cc2)CC1. The highest BCUT2D eigenvalue weighted by Gasteiger charge is 2.54. The van der Waals surface area contributed by atoms with Crippen molar-refractivity contribution in [3.63, 3.8) is 0 Å². The van der Waals surface area contributed by atoms with E-state index in [1.807, 2.05) is 47.5 Å². The zero-order valence-electron chi connectivity index (χ0n) is 14.0. The summed E-state index contributed by atoms with van der Waals surface area (Å²) < 4.78 is 0. The molecule has 0 unspecified atom stereocenters. The third kappa shape index (κ3) is 2.27. The van der Waals surface area contributed by atoms with E-state index < -0.39 is 0 Å². The number of rotatable bonds is 2. The minimum absolute atomic E-state index is 0.218. The Bertz CT molecular complexity index is 831. The molecule has 1 aromatic carbocycles. The fourth-order valence-electron chi connectivity index (χ4n) is 4.40. The summed E-state index contributed by atoms with van der Waals surface area (Å²) in [6.45, 7) is 1.81. The van der Waals surface area contributed by atoms with E-state index in [4.69, 9.17) is 11.6 Å². The van der Waals surface area contributed by atoms with Gasteiger partial charge in [-0.1, -0.05) is 23.7 Å². The summed E-state index contributed by atoms with van der Waals surface area (Å²) in [6.07, 6.45) is 5.95. The van der Waals surface area contributed by atoms with Crippen LogP contribution in [0, 0.1) is 0 Å². The third-order valence-corrected chi connectivity index (χ3v) is 6.15. The number of benzene rings is 1. The summed E-state index contributed by atoms with van der Waals surface area (Å²) in [6, 6.07) is 12.1. The van der Waals surface area contributed by atoms with Crippen LogP contribution in [0.25, 0.3) is 0 Å². The van der Waals surface area contributed by atoms with Gasteiger partial charge in [0.2, 0.25) is 5.91 Å². The lowest BCUT2D eigenvalue weighted by Gasteiger charge is -2.40. The fraction of sp³-hybridized carbons (Fsp3) is 0.400. The summed E-state index contributed by atoms with van der Waals surface area (Å²) in [5.41, 5.74) is 1.67. The lowest BCUT2D eigenvalue weighted by molar-refractivity contribution is -0.121. The molecule has 4 nitrogen and oxygen atoms in total. The van der Waals surface area contributed by atoms with Crippen molar-refractivity contribution in [1.29, 1.82) is 0 Å². The molecule has 1 aromatic heterocycles. The molecule has 0 N–H and O–H groups in total. The lowest BCUT2D eigenvalue weighted by atomic mass is 9.93. The standard InChI is InChI=1S/C20H20ClN3O/c21-15-7-5-14(6-8-15)20(9-10-20)19(25)24-13-16-3-2-12-23(16)18-17(24)4-1-11-22-18/h1,4-8,11,16H,2-3,9-10,12-13H2/t16-/m0/s1. The number of fused-ring (bicyclic) bond motifs is 3. The van der Waals surface area contributed by atoms with Gasteiger partial charge >= 0.3 is 0 Å². The zero-order chi connectivity index (χ0) is 17.0. The van der Waals surface area contributed by atoms with Gasteiger partial charge in [0.05, 0.1) is 11.1 Å². The van der Waals surface area contributed by atoms with E-state index in [1.165, 1.54) is 6.42 Å². The number of carbonyl (C=O) groups excluding carboxylic acids is 1. The van der Waals surface area contributed by atoms with E-state index >= 15 is 0 Å². The number of carbonyl (C=O) groups is 1. The topological polar surface area (TPSA) is 36.4 Å². The van der Waals surface area contributed by atoms with Gasteiger partial charge in [0.15, 0.2) is 5.82 Å². The van der Waals surface area contributed by atoms with Crippen LogP contribution in [0.5, 0.6) is 0 Å².